The van der Waals surface area contributed by atoms with Gasteiger partial charge in [0.15, 0.2) is 5.78 Å². The molecule has 4 aliphatic rings. The summed E-state index contributed by atoms with van der Waals surface area (Å²) in [6, 6.07) is 14.5. The highest BCUT2D eigenvalue weighted by molar-refractivity contribution is 6.26. The second-order valence-corrected chi connectivity index (χ2v) is 10.1. The van der Waals surface area contributed by atoms with Gasteiger partial charge >= 0.3 is 5.97 Å². The lowest BCUT2D eigenvalue weighted by Crippen LogP contribution is -2.57. The molecule has 4 atom stereocenters. The molecule has 2 aromatic carbocycles. The normalized spacial score (nSPS) is 32.5. The van der Waals surface area contributed by atoms with Crippen LogP contribution in [0, 0.1) is 31.1 Å². The van der Waals surface area contributed by atoms with Crippen LogP contribution in [0.1, 0.15) is 43.4 Å². The van der Waals surface area contributed by atoms with Crippen molar-refractivity contribution in [1.29, 1.82) is 0 Å². The number of fused-ring (bicyclic) bond motifs is 2. The van der Waals surface area contributed by atoms with E-state index in [0.29, 0.717) is 11.3 Å². The molecular weight excluding hydrogens is 388 g/mol. The van der Waals surface area contributed by atoms with Gasteiger partial charge in [0.05, 0.1) is 34.5 Å². The molecule has 3 fully saturated rings. The number of aryl methyl sites for hydroxylation is 2. The largest absolute Gasteiger partial charge is 0.429 e. The monoisotopic (exact) mass is 414 g/mol. The van der Waals surface area contributed by atoms with Crippen molar-refractivity contribution in [2.45, 2.75) is 52.2 Å². The molecule has 1 aliphatic carbocycles. The van der Waals surface area contributed by atoms with E-state index in [2.05, 4.69) is 24.3 Å². The highest BCUT2D eigenvalue weighted by Gasteiger charge is 2.75. The lowest BCUT2D eigenvalue weighted by atomic mass is 9.60. The third kappa shape index (κ3) is 2.19. The van der Waals surface area contributed by atoms with Crippen LogP contribution >= 0.6 is 0 Å². The summed E-state index contributed by atoms with van der Waals surface area (Å²) < 4.78 is 12.4. The number of ether oxygens (including phenoxy) is 2. The van der Waals surface area contributed by atoms with Crippen molar-refractivity contribution in [3.05, 3.63) is 64.9 Å². The molecule has 4 nitrogen and oxygen atoms in total. The van der Waals surface area contributed by atoms with E-state index in [9.17, 15) is 9.59 Å². The Kier molecular flexibility index (Phi) is 3.65. The van der Waals surface area contributed by atoms with Crippen LogP contribution in [0.3, 0.4) is 0 Å². The summed E-state index contributed by atoms with van der Waals surface area (Å²) in [6.45, 7) is 7.90. The zero-order chi connectivity index (χ0) is 21.7. The summed E-state index contributed by atoms with van der Waals surface area (Å²) in [5.41, 5.74) is 4.44. The molecule has 0 amide bonds. The third-order valence-corrected chi connectivity index (χ3v) is 8.16. The number of ketones is 1. The molecule has 2 bridgehead atoms. The Morgan fingerprint density at radius 2 is 1.65 bits per heavy atom. The van der Waals surface area contributed by atoms with Crippen molar-refractivity contribution in [2.24, 2.45) is 17.3 Å². The van der Waals surface area contributed by atoms with Crippen LogP contribution in [0.4, 0.5) is 0 Å². The van der Waals surface area contributed by atoms with Gasteiger partial charge in [-0.3, -0.25) is 9.59 Å². The molecule has 0 saturated carbocycles. The van der Waals surface area contributed by atoms with Gasteiger partial charge in [0.2, 0.25) is 0 Å². The minimum atomic E-state index is -0.762. The molecule has 158 valence electrons. The van der Waals surface area contributed by atoms with E-state index in [0.717, 1.165) is 40.7 Å². The quantitative estimate of drug-likeness (QED) is 0.648. The van der Waals surface area contributed by atoms with Crippen molar-refractivity contribution in [3.63, 3.8) is 0 Å². The first-order valence-electron chi connectivity index (χ1n) is 11.1. The van der Waals surface area contributed by atoms with Crippen LogP contribution in [0.25, 0.3) is 16.7 Å². The minimum absolute atomic E-state index is 0.0794. The average molecular weight is 415 g/mol. The third-order valence-electron chi connectivity index (χ3n) is 8.16. The zero-order valence-electron chi connectivity index (χ0n) is 18.3. The molecule has 4 heteroatoms. The number of carbonyl (C=O) groups is 2. The van der Waals surface area contributed by atoms with Gasteiger partial charge in [0.1, 0.15) is 5.76 Å². The maximum atomic E-state index is 13.8. The SMILES string of the molecule is Cc1cc(-c2ccccc2)cc(C)c1C1=C2OC(=O)C(C)(C)[C@]34CC[C@H](O3)[C@H](C1=O)[C@H]24. The van der Waals surface area contributed by atoms with Crippen LogP contribution in [-0.4, -0.2) is 23.5 Å². The average Bonchev–Trinajstić information content (AvgIpc) is 3.40. The van der Waals surface area contributed by atoms with Crippen molar-refractivity contribution >= 4 is 17.3 Å². The van der Waals surface area contributed by atoms with Gasteiger partial charge in [0.25, 0.3) is 0 Å². The Morgan fingerprint density at radius 1 is 0.968 bits per heavy atom. The molecule has 2 aromatic rings. The summed E-state index contributed by atoms with van der Waals surface area (Å²) in [7, 11) is 0. The van der Waals surface area contributed by atoms with Crippen LogP contribution < -0.4 is 0 Å². The van der Waals surface area contributed by atoms with E-state index in [4.69, 9.17) is 9.47 Å². The Balaban J connectivity index is 1.54. The number of rotatable bonds is 2. The summed E-state index contributed by atoms with van der Waals surface area (Å²) in [4.78, 5) is 26.8. The van der Waals surface area contributed by atoms with Gasteiger partial charge in [0, 0.05) is 0 Å². The molecule has 0 aromatic heterocycles. The summed E-state index contributed by atoms with van der Waals surface area (Å²) in [5, 5.41) is 0. The fourth-order valence-corrected chi connectivity index (χ4v) is 6.63. The van der Waals surface area contributed by atoms with Crippen molar-refractivity contribution in [3.8, 4) is 11.1 Å². The van der Waals surface area contributed by atoms with E-state index in [1.54, 1.807) is 0 Å². The zero-order valence-corrected chi connectivity index (χ0v) is 18.3. The van der Waals surface area contributed by atoms with Crippen LogP contribution in [-0.2, 0) is 19.1 Å². The molecule has 1 spiro atoms. The highest BCUT2D eigenvalue weighted by Crippen LogP contribution is 2.67. The van der Waals surface area contributed by atoms with Gasteiger partial charge in [-0.1, -0.05) is 42.5 Å². The van der Waals surface area contributed by atoms with Gasteiger partial charge in [-0.05, 0) is 68.4 Å². The predicted molar refractivity (Wildman–Crippen MR) is 117 cm³/mol. The number of carbonyl (C=O) groups excluding carboxylic acids is 2. The fourth-order valence-electron chi connectivity index (χ4n) is 6.63. The lowest BCUT2D eigenvalue weighted by Gasteiger charge is -2.47. The van der Waals surface area contributed by atoms with Crippen molar-refractivity contribution < 1.29 is 19.1 Å². The summed E-state index contributed by atoms with van der Waals surface area (Å²) in [5.74, 6) is -0.0489. The first-order valence-corrected chi connectivity index (χ1v) is 11.1. The van der Waals surface area contributed by atoms with Crippen LogP contribution in [0.5, 0.6) is 0 Å². The second-order valence-electron chi connectivity index (χ2n) is 10.1. The van der Waals surface area contributed by atoms with E-state index in [1.807, 2.05) is 45.9 Å². The van der Waals surface area contributed by atoms with Gasteiger partial charge in [-0.15, -0.1) is 0 Å². The molecule has 0 unspecified atom stereocenters. The molecule has 3 saturated heterocycles. The van der Waals surface area contributed by atoms with Crippen LogP contribution in [0.15, 0.2) is 48.2 Å². The Bertz CT molecular complexity index is 1170. The number of Topliss-reactive ketones (excluding diaryl/α,β-unsaturated/α-hetero) is 1. The maximum Gasteiger partial charge on any atom is 0.319 e. The fraction of sp³-hybridized carbons (Fsp3) is 0.407. The van der Waals surface area contributed by atoms with E-state index in [1.165, 1.54) is 0 Å². The van der Waals surface area contributed by atoms with Gasteiger partial charge in [-0.25, -0.2) is 0 Å². The molecule has 0 N–H and O–H groups in total. The summed E-state index contributed by atoms with van der Waals surface area (Å²) >= 11 is 0. The van der Waals surface area contributed by atoms with Crippen LogP contribution in [0.2, 0.25) is 0 Å². The van der Waals surface area contributed by atoms with Crippen molar-refractivity contribution in [1.82, 2.24) is 0 Å². The molecule has 31 heavy (non-hydrogen) atoms. The molecular formula is C27H26O4. The van der Waals surface area contributed by atoms with Gasteiger partial charge in [-0.2, -0.15) is 0 Å². The minimum Gasteiger partial charge on any atom is -0.429 e. The molecule has 0 radical (unpaired) electrons. The van der Waals surface area contributed by atoms with E-state index < -0.39 is 11.0 Å². The topological polar surface area (TPSA) is 52.6 Å². The lowest BCUT2D eigenvalue weighted by molar-refractivity contribution is -0.184. The number of allylic oxidation sites excluding steroid dienone is 1. The van der Waals surface area contributed by atoms with Crippen molar-refractivity contribution in [2.75, 3.05) is 0 Å². The van der Waals surface area contributed by atoms with E-state index >= 15 is 0 Å². The van der Waals surface area contributed by atoms with Gasteiger partial charge < -0.3 is 9.47 Å². The molecule has 3 heterocycles. The number of hydrogen-bond acceptors (Lipinski definition) is 4. The maximum absolute atomic E-state index is 13.8. The second kappa shape index (κ2) is 5.95. The summed E-state index contributed by atoms with van der Waals surface area (Å²) in [6.07, 6.45) is 1.51. The first-order chi connectivity index (χ1) is 14.8. The Hall–Kier alpha value is -2.72. The highest BCUT2D eigenvalue weighted by atomic mass is 16.6. The number of esters is 1. The molecule has 6 rings (SSSR count). The first kappa shape index (κ1) is 19.0. The Labute approximate surface area is 182 Å². The number of benzene rings is 2. The Morgan fingerprint density at radius 3 is 2.32 bits per heavy atom. The standard InChI is InChI=1S/C27H26O4/c1-14-12-17(16-8-6-5-7-9-16)13-15(2)19(14)21-23(28)20-18-10-11-27(31-18)22(20)24(21)30-25(29)26(27,3)4/h5-9,12-13,18,20,22H,10-11H2,1-4H3/t18-,20-,22+,27+/m0/s1. The smallest absolute Gasteiger partial charge is 0.319 e. The predicted octanol–water partition coefficient (Wildman–Crippen LogP) is 5.01. The van der Waals surface area contributed by atoms with E-state index in [-0.39, 0.29) is 29.7 Å². The number of hydrogen-bond donors (Lipinski definition) is 0. The molecule has 3 aliphatic heterocycles.